The largest absolute Gasteiger partial charge is 0.350 e. The molecule has 3 rings (SSSR count). The van der Waals surface area contributed by atoms with Crippen molar-refractivity contribution >= 4 is 40.4 Å². The van der Waals surface area contributed by atoms with Crippen molar-refractivity contribution in [1.29, 1.82) is 0 Å². The van der Waals surface area contributed by atoms with Crippen LogP contribution in [-0.2, 0) is 6.54 Å². The number of nitrogens with zero attached hydrogens (tertiary/aromatic N) is 1. The van der Waals surface area contributed by atoms with Crippen LogP contribution in [0.1, 0.15) is 50.8 Å². The molecule has 0 saturated heterocycles. The molecule has 7 heteroatoms. The van der Waals surface area contributed by atoms with E-state index in [1.54, 1.807) is 29.5 Å². The van der Waals surface area contributed by atoms with Crippen LogP contribution >= 0.6 is 22.9 Å². The van der Waals surface area contributed by atoms with Gasteiger partial charge in [0, 0.05) is 27.3 Å². The Hall–Kier alpha value is -2.57. The standard InChI is InChI=1S/C22H24ClN3O2S/c1-13(2)24-21(27)18-8-7-16(23)11-20(18)25-22(28)19-10-14(3)26(15(19)4)12-17-6-5-9-29-17/h5-11,13H,12H2,1-4H3,(H,24,27)(H,25,28). The number of amides is 2. The maximum absolute atomic E-state index is 13.0. The number of anilines is 1. The van der Waals surface area contributed by atoms with Gasteiger partial charge < -0.3 is 15.2 Å². The maximum Gasteiger partial charge on any atom is 0.257 e. The van der Waals surface area contributed by atoms with Gasteiger partial charge in [0.15, 0.2) is 0 Å². The molecule has 0 radical (unpaired) electrons. The van der Waals surface area contributed by atoms with Crippen LogP contribution in [0.4, 0.5) is 5.69 Å². The monoisotopic (exact) mass is 429 g/mol. The molecule has 0 bridgehead atoms. The highest BCUT2D eigenvalue weighted by molar-refractivity contribution is 7.09. The number of aromatic nitrogens is 1. The smallest absolute Gasteiger partial charge is 0.257 e. The number of hydrogen-bond donors (Lipinski definition) is 2. The lowest BCUT2D eigenvalue weighted by Crippen LogP contribution is -2.31. The van der Waals surface area contributed by atoms with Crippen LogP contribution in [0.3, 0.4) is 0 Å². The normalized spacial score (nSPS) is 11.0. The second-order valence-corrected chi connectivity index (χ2v) is 8.69. The fraction of sp³-hybridized carbons (Fsp3) is 0.273. The maximum atomic E-state index is 13.0. The molecule has 152 valence electrons. The van der Waals surface area contributed by atoms with Crippen molar-refractivity contribution in [3.05, 3.63) is 74.2 Å². The average molecular weight is 430 g/mol. The number of rotatable bonds is 6. The topological polar surface area (TPSA) is 63.1 Å². The molecule has 2 amide bonds. The van der Waals surface area contributed by atoms with Crippen LogP contribution < -0.4 is 10.6 Å². The predicted octanol–water partition coefficient (Wildman–Crippen LogP) is 5.26. The van der Waals surface area contributed by atoms with E-state index in [0.29, 0.717) is 21.8 Å². The number of carbonyl (C=O) groups is 2. The van der Waals surface area contributed by atoms with E-state index >= 15 is 0 Å². The minimum atomic E-state index is -0.267. The Kier molecular flexibility index (Phi) is 6.45. The first kappa shape index (κ1) is 21.1. The summed E-state index contributed by atoms with van der Waals surface area (Å²) in [6, 6.07) is 10.8. The van der Waals surface area contributed by atoms with E-state index in [4.69, 9.17) is 11.6 Å². The number of carbonyl (C=O) groups excluding carboxylic acids is 2. The highest BCUT2D eigenvalue weighted by Gasteiger charge is 2.19. The quantitative estimate of drug-likeness (QED) is 0.561. The minimum Gasteiger partial charge on any atom is -0.350 e. The molecule has 5 nitrogen and oxygen atoms in total. The van der Waals surface area contributed by atoms with Crippen LogP contribution in [0.5, 0.6) is 0 Å². The lowest BCUT2D eigenvalue weighted by Gasteiger charge is -2.14. The van der Waals surface area contributed by atoms with Crippen molar-refractivity contribution in [2.45, 2.75) is 40.3 Å². The molecule has 2 N–H and O–H groups in total. The van der Waals surface area contributed by atoms with Gasteiger partial charge in [-0.25, -0.2) is 0 Å². The molecule has 29 heavy (non-hydrogen) atoms. The molecule has 1 aromatic carbocycles. The van der Waals surface area contributed by atoms with Crippen LogP contribution in [0.15, 0.2) is 41.8 Å². The molecule has 0 aliphatic rings. The third-order valence-electron chi connectivity index (χ3n) is 4.61. The van der Waals surface area contributed by atoms with Gasteiger partial charge in [0.2, 0.25) is 0 Å². The van der Waals surface area contributed by atoms with Crippen molar-refractivity contribution in [2.24, 2.45) is 0 Å². The molecule has 2 aromatic heterocycles. The van der Waals surface area contributed by atoms with Crippen LogP contribution in [0.2, 0.25) is 5.02 Å². The van der Waals surface area contributed by atoms with E-state index in [2.05, 4.69) is 21.3 Å². The van der Waals surface area contributed by atoms with E-state index in [-0.39, 0.29) is 17.9 Å². The molecule has 0 saturated carbocycles. The Morgan fingerprint density at radius 1 is 1.10 bits per heavy atom. The molecule has 0 spiro atoms. The number of thiophene rings is 1. The van der Waals surface area contributed by atoms with Gasteiger partial charge in [-0.15, -0.1) is 11.3 Å². The number of hydrogen-bond acceptors (Lipinski definition) is 3. The number of benzene rings is 1. The Morgan fingerprint density at radius 3 is 2.52 bits per heavy atom. The van der Waals surface area contributed by atoms with Crippen molar-refractivity contribution in [3.63, 3.8) is 0 Å². The van der Waals surface area contributed by atoms with Gasteiger partial charge in [-0.3, -0.25) is 9.59 Å². The molecular formula is C22H24ClN3O2S. The first-order valence-electron chi connectivity index (χ1n) is 9.37. The van der Waals surface area contributed by atoms with Gasteiger partial charge in [0.25, 0.3) is 11.8 Å². The number of halogens is 1. The van der Waals surface area contributed by atoms with Gasteiger partial charge in [-0.1, -0.05) is 17.7 Å². The summed E-state index contributed by atoms with van der Waals surface area (Å²) in [6.07, 6.45) is 0. The van der Waals surface area contributed by atoms with Gasteiger partial charge >= 0.3 is 0 Å². The lowest BCUT2D eigenvalue weighted by atomic mass is 10.1. The summed E-state index contributed by atoms with van der Waals surface area (Å²) in [7, 11) is 0. The molecule has 2 heterocycles. The third-order valence-corrected chi connectivity index (χ3v) is 5.70. The van der Waals surface area contributed by atoms with Crippen molar-refractivity contribution in [2.75, 3.05) is 5.32 Å². The third kappa shape index (κ3) is 4.89. The molecule has 0 atom stereocenters. The molecule has 3 aromatic rings. The number of nitrogens with one attached hydrogen (secondary N) is 2. The van der Waals surface area contributed by atoms with Gasteiger partial charge in [-0.2, -0.15) is 0 Å². The van der Waals surface area contributed by atoms with E-state index in [1.807, 2.05) is 45.2 Å². The summed E-state index contributed by atoms with van der Waals surface area (Å²) in [4.78, 5) is 26.7. The zero-order valence-corrected chi connectivity index (χ0v) is 18.4. The van der Waals surface area contributed by atoms with Crippen molar-refractivity contribution < 1.29 is 9.59 Å². The molecular weight excluding hydrogens is 406 g/mol. The fourth-order valence-corrected chi connectivity index (χ4v) is 4.04. The average Bonchev–Trinajstić information content (AvgIpc) is 3.25. The first-order chi connectivity index (χ1) is 13.8. The Balaban J connectivity index is 1.87. The van der Waals surface area contributed by atoms with Crippen molar-refractivity contribution in [3.8, 4) is 0 Å². The van der Waals surface area contributed by atoms with E-state index in [1.165, 1.54) is 4.88 Å². The predicted molar refractivity (Wildman–Crippen MR) is 119 cm³/mol. The summed E-state index contributed by atoms with van der Waals surface area (Å²) >= 11 is 7.80. The summed E-state index contributed by atoms with van der Waals surface area (Å²) < 4.78 is 2.12. The Bertz CT molecular complexity index is 1040. The Morgan fingerprint density at radius 2 is 1.86 bits per heavy atom. The second-order valence-electron chi connectivity index (χ2n) is 7.22. The van der Waals surface area contributed by atoms with Crippen molar-refractivity contribution in [1.82, 2.24) is 9.88 Å². The molecule has 0 fully saturated rings. The molecule has 0 aliphatic carbocycles. The summed E-state index contributed by atoms with van der Waals surface area (Å²) in [5.41, 5.74) is 3.23. The van der Waals surface area contributed by atoms with E-state index in [0.717, 1.165) is 17.9 Å². The lowest BCUT2D eigenvalue weighted by molar-refractivity contribution is 0.0944. The summed E-state index contributed by atoms with van der Waals surface area (Å²) in [6.45, 7) is 8.41. The van der Waals surface area contributed by atoms with Crippen LogP contribution in [0, 0.1) is 13.8 Å². The number of aryl methyl sites for hydroxylation is 1. The molecule has 0 unspecified atom stereocenters. The zero-order chi connectivity index (χ0) is 21.1. The molecule has 0 aliphatic heterocycles. The minimum absolute atomic E-state index is 0.0158. The van der Waals surface area contributed by atoms with E-state index in [9.17, 15) is 9.59 Å². The highest BCUT2D eigenvalue weighted by Crippen LogP contribution is 2.24. The summed E-state index contributed by atoms with van der Waals surface area (Å²) in [5, 5.41) is 8.20. The van der Waals surface area contributed by atoms with Crippen LogP contribution in [-0.4, -0.2) is 22.4 Å². The zero-order valence-electron chi connectivity index (χ0n) is 16.9. The highest BCUT2D eigenvalue weighted by atomic mass is 35.5. The van der Waals surface area contributed by atoms with Gasteiger partial charge in [0.05, 0.1) is 23.4 Å². The fourth-order valence-electron chi connectivity index (χ4n) is 3.18. The van der Waals surface area contributed by atoms with Gasteiger partial charge in [-0.05, 0) is 63.4 Å². The van der Waals surface area contributed by atoms with Crippen LogP contribution in [0.25, 0.3) is 0 Å². The summed E-state index contributed by atoms with van der Waals surface area (Å²) in [5.74, 6) is -0.522. The first-order valence-corrected chi connectivity index (χ1v) is 10.6. The van der Waals surface area contributed by atoms with E-state index < -0.39 is 0 Å². The Labute approximate surface area is 179 Å². The second kappa shape index (κ2) is 8.84. The SMILES string of the molecule is Cc1cc(C(=O)Nc2cc(Cl)ccc2C(=O)NC(C)C)c(C)n1Cc1cccs1. The van der Waals surface area contributed by atoms with Gasteiger partial charge in [0.1, 0.15) is 0 Å².